The number of hydrazine groups is 1. The van der Waals surface area contributed by atoms with E-state index in [1.807, 2.05) is 12.2 Å². The van der Waals surface area contributed by atoms with Crippen LogP contribution in [-0.2, 0) is 9.59 Å². The van der Waals surface area contributed by atoms with Gasteiger partial charge in [-0.2, -0.15) is 0 Å². The Kier molecular flexibility index (Phi) is 3.90. The molecule has 3 rings (SSSR count). The molecule has 0 bridgehead atoms. The third-order valence-corrected chi connectivity index (χ3v) is 4.29. The number of allylic oxidation sites excluding steroid dienone is 2. The highest BCUT2D eigenvalue weighted by atomic mass is 16.2. The van der Waals surface area contributed by atoms with Crippen LogP contribution in [0, 0.1) is 11.8 Å². The standard InChI is InChI=1S/C17H19N3O3/c1-19(2)16(22)11-6-5-7-12(10-11)20-17(23)14-9-4-3-8-13(14)15(21)18-20/h3-7,10,13-14H,8-9H2,1-2H3,(H,18,21)/t13-,14+/m0/s1. The third kappa shape index (κ3) is 2.72. The quantitative estimate of drug-likeness (QED) is 0.838. The van der Waals surface area contributed by atoms with E-state index in [9.17, 15) is 14.4 Å². The van der Waals surface area contributed by atoms with Crippen molar-refractivity contribution in [3.8, 4) is 0 Å². The minimum atomic E-state index is -0.332. The highest BCUT2D eigenvalue weighted by molar-refractivity contribution is 6.05. The van der Waals surface area contributed by atoms with Crippen LogP contribution in [0.5, 0.6) is 0 Å². The second-order valence-corrected chi connectivity index (χ2v) is 6.06. The second-order valence-electron chi connectivity index (χ2n) is 6.06. The number of amides is 3. The Morgan fingerprint density at radius 2 is 1.87 bits per heavy atom. The van der Waals surface area contributed by atoms with Gasteiger partial charge in [-0.1, -0.05) is 18.2 Å². The number of fused-ring (bicyclic) bond motifs is 1. The fourth-order valence-electron chi connectivity index (χ4n) is 3.02. The molecule has 0 aromatic heterocycles. The fraction of sp³-hybridized carbons (Fsp3) is 0.353. The zero-order valence-corrected chi connectivity index (χ0v) is 13.2. The zero-order valence-electron chi connectivity index (χ0n) is 13.2. The van der Waals surface area contributed by atoms with Crippen molar-refractivity contribution in [2.45, 2.75) is 12.8 Å². The lowest BCUT2D eigenvalue weighted by Gasteiger charge is -2.38. The summed E-state index contributed by atoms with van der Waals surface area (Å²) in [6.45, 7) is 0. The Balaban J connectivity index is 1.91. The van der Waals surface area contributed by atoms with Gasteiger partial charge in [-0.05, 0) is 31.0 Å². The molecule has 1 aromatic carbocycles. The van der Waals surface area contributed by atoms with E-state index >= 15 is 0 Å². The number of carbonyl (C=O) groups excluding carboxylic acids is 3. The molecule has 1 aliphatic heterocycles. The molecule has 1 heterocycles. The number of nitrogens with zero attached hydrogens (tertiary/aromatic N) is 2. The van der Waals surface area contributed by atoms with Gasteiger partial charge in [-0.15, -0.1) is 0 Å². The van der Waals surface area contributed by atoms with E-state index in [0.29, 0.717) is 24.1 Å². The average Bonchev–Trinajstić information content (AvgIpc) is 2.57. The van der Waals surface area contributed by atoms with Crippen LogP contribution in [0.1, 0.15) is 23.2 Å². The molecule has 120 valence electrons. The molecule has 3 amide bonds. The molecular formula is C17H19N3O3. The van der Waals surface area contributed by atoms with Crippen molar-refractivity contribution in [1.82, 2.24) is 10.3 Å². The number of hydrogen-bond acceptors (Lipinski definition) is 3. The van der Waals surface area contributed by atoms with Crippen LogP contribution < -0.4 is 10.4 Å². The molecule has 0 unspecified atom stereocenters. The second kappa shape index (κ2) is 5.87. The van der Waals surface area contributed by atoms with E-state index < -0.39 is 0 Å². The van der Waals surface area contributed by atoms with E-state index in [2.05, 4.69) is 5.43 Å². The first-order chi connectivity index (χ1) is 11.0. The van der Waals surface area contributed by atoms with Crippen LogP contribution in [0.25, 0.3) is 0 Å². The van der Waals surface area contributed by atoms with Crippen molar-refractivity contribution in [2.75, 3.05) is 19.1 Å². The minimum absolute atomic E-state index is 0.131. The first kappa shape index (κ1) is 15.3. The van der Waals surface area contributed by atoms with E-state index in [4.69, 9.17) is 0 Å². The Morgan fingerprint density at radius 1 is 1.17 bits per heavy atom. The molecule has 2 atom stereocenters. The van der Waals surface area contributed by atoms with Crippen molar-refractivity contribution >= 4 is 23.4 Å². The summed E-state index contributed by atoms with van der Waals surface area (Å²) in [4.78, 5) is 38.5. The molecule has 1 N–H and O–H groups in total. The Labute approximate surface area is 134 Å². The van der Waals surface area contributed by atoms with E-state index in [-0.39, 0.29) is 29.6 Å². The Hall–Kier alpha value is -2.63. The first-order valence-electron chi connectivity index (χ1n) is 7.60. The van der Waals surface area contributed by atoms with Gasteiger partial charge in [0, 0.05) is 19.7 Å². The van der Waals surface area contributed by atoms with Crippen LogP contribution >= 0.6 is 0 Å². The highest BCUT2D eigenvalue weighted by Gasteiger charge is 2.42. The normalized spacial score (nSPS) is 23.3. The summed E-state index contributed by atoms with van der Waals surface area (Å²) in [6.07, 6.45) is 5.06. The number of nitrogens with one attached hydrogen (secondary N) is 1. The molecule has 2 aliphatic rings. The molecule has 0 radical (unpaired) electrons. The van der Waals surface area contributed by atoms with Gasteiger partial charge in [0.15, 0.2) is 0 Å². The van der Waals surface area contributed by atoms with Crippen molar-refractivity contribution < 1.29 is 14.4 Å². The summed E-state index contributed by atoms with van der Waals surface area (Å²) in [7, 11) is 3.34. The van der Waals surface area contributed by atoms with Crippen LogP contribution in [0.3, 0.4) is 0 Å². The number of carbonyl (C=O) groups is 3. The summed E-state index contributed by atoms with van der Waals surface area (Å²) in [6, 6.07) is 6.73. The SMILES string of the molecule is CN(C)C(=O)c1cccc(N2NC(=O)[C@H]3CC=CC[C@H]3C2=O)c1. The lowest BCUT2D eigenvalue weighted by Crippen LogP contribution is -2.59. The Bertz CT molecular complexity index is 696. The number of anilines is 1. The summed E-state index contributed by atoms with van der Waals surface area (Å²) in [5, 5.41) is 1.27. The van der Waals surface area contributed by atoms with Gasteiger partial charge in [0.2, 0.25) is 11.8 Å². The molecule has 1 fully saturated rings. The largest absolute Gasteiger partial charge is 0.345 e. The lowest BCUT2D eigenvalue weighted by atomic mass is 9.80. The van der Waals surface area contributed by atoms with E-state index in [1.54, 1.807) is 38.4 Å². The molecule has 1 aromatic rings. The fourth-order valence-corrected chi connectivity index (χ4v) is 3.02. The maximum Gasteiger partial charge on any atom is 0.253 e. The maximum absolute atomic E-state index is 12.7. The van der Waals surface area contributed by atoms with Gasteiger partial charge in [0.1, 0.15) is 0 Å². The summed E-state index contributed by atoms with van der Waals surface area (Å²) in [5.41, 5.74) is 3.64. The molecular weight excluding hydrogens is 294 g/mol. The molecule has 6 heteroatoms. The van der Waals surface area contributed by atoms with Gasteiger partial charge in [0.05, 0.1) is 17.5 Å². The number of hydrogen-bond donors (Lipinski definition) is 1. The minimum Gasteiger partial charge on any atom is -0.345 e. The van der Waals surface area contributed by atoms with E-state index in [1.165, 1.54) is 9.91 Å². The van der Waals surface area contributed by atoms with Crippen molar-refractivity contribution in [2.24, 2.45) is 11.8 Å². The first-order valence-corrected chi connectivity index (χ1v) is 7.60. The Morgan fingerprint density at radius 3 is 2.57 bits per heavy atom. The molecule has 6 nitrogen and oxygen atoms in total. The van der Waals surface area contributed by atoms with Crippen LogP contribution in [0.15, 0.2) is 36.4 Å². The van der Waals surface area contributed by atoms with Crippen LogP contribution in [0.2, 0.25) is 0 Å². The van der Waals surface area contributed by atoms with Crippen LogP contribution in [0.4, 0.5) is 5.69 Å². The number of benzene rings is 1. The van der Waals surface area contributed by atoms with Crippen molar-refractivity contribution in [1.29, 1.82) is 0 Å². The van der Waals surface area contributed by atoms with Gasteiger partial charge in [-0.3, -0.25) is 19.8 Å². The maximum atomic E-state index is 12.7. The molecule has 1 saturated heterocycles. The number of rotatable bonds is 2. The van der Waals surface area contributed by atoms with Crippen LogP contribution in [-0.4, -0.2) is 36.7 Å². The smallest absolute Gasteiger partial charge is 0.253 e. The summed E-state index contributed by atoms with van der Waals surface area (Å²) >= 11 is 0. The highest BCUT2D eigenvalue weighted by Crippen LogP contribution is 2.32. The summed E-state index contributed by atoms with van der Waals surface area (Å²) < 4.78 is 0. The van der Waals surface area contributed by atoms with E-state index in [0.717, 1.165) is 0 Å². The van der Waals surface area contributed by atoms with Gasteiger partial charge in [-0.25, -0.2) is 5.01 Å². The van der Waals surface area contributed by atoms with Gasteiger partial charge >= 0.3 is 0 Å². The lowest BCUT2D eigenvalue weighted by molar-refractivity contribution is -0.139. The molecule has 0 saturated carbocycles. The molecule has 0 spiro atoms. The molecule has 1 aliphatic carbocycles. The molecule has 23 heavy (non-hydrogen) atoms. The topological polar surface area (TPSA) is 69.7 Å². The van der Waals surface area contributed by atoms with Gasteiger partial charge < -0.3 is 4.90 Å². The van der Waals surface area contributed by atoms with Gasteiger partial charge in [0.25, 0.3) is 5.91 Å². The third-order valence-electron chi connectivity index (χ3n) is 4.29. The summed E-state index contributed by atoms with van der Waals surface area (Å²) in [5.74, 6) is -1.06. The monoisotopic (exact) mass is 313 g/mol. The predicted molar refractivity (Wildman–Crippen MR) is 85.4 cm³/mol. The zero-order chi connectivity index (χ0) is 16.6. The predicted octanol–water partition coefficient (Wildman–Crippen LogP) is 1.35. The van der Waals surface area contributed by atoms with Crippen molar-refractivity contribution in [3.63, 3.8) is 0 Å². The average molecular weight is 313 g/mol. The van der Waals surface area contributed by atoms with Crippen molar-refractivity contribution in [3.05, 3.63) is 42.0 Å².